The van der Waals surface area contributed by atoms with E-state index in [4.69, 9.17) is 9.72 Å². The summed E-state index contributed by atoms with van der Waals surface area (Å²) < 4.78 is 7.39. The van der Waals surface area contributed by atoms with Gasteiger partial charge in [-0.3, -0.25) is 4.79 Å². The second kappa shape index (κ2) is 8.28. The number of nitrogens with zero attached hydrogens (tertiary/aromatic N) is 4. The van der Waals surface area contributed by atoms with Gasteiger partial charge in [0.25, 0.3) is 5.91 Å². The van der Waals surface area contributed by atoms with Crippen molar-refractivity contribution in [3.05, 3.63) is 61.1 Å². The molecule has 0 radical (unpaired) electrons. The zero-order valence-corrected chi connectivity index (χ0v) is 19.4. The Balaban J connectivity index is 1.29. The molecule has 4 heterocycles. The van der Waals surface area contributed by atoms with Crippen molar-refractivity contribution >= 4 is 34.4 Å². The normalized spacial score (nSPS) is 19.7. The monoisotopic (exact) mass is 470 g/mol. The van der Waals surface area contributed by atoms with Crippen molar-refractivity contribution in [3.8, 4) is 17.0 Å². The van der Waals surface area contributed by atoms with E-state index in [9.17, 15) is 9.90 Å². The minimum Gasteiger partial charge on any atom is -0.482 e. The quantitative estimate of drug-likeness (QED) is 0.417. The van der Waals surface area contributed by atoms with E-state index in [0.717, 1.165) is 42.0 Å². The number of amides is 1. The second-order valence-corrected chi connectivity index (χ2v) is 9.37. The van der Waals surface area contributed by atoms with Crippen LogP contribution in [0.3, 0.4) is 0 Å². The fourth-order valence-corrected chi connectivity index (χ4v) is 4.73. The van der Waals surface area contributed by atoms with Crippen LogP contribution in [0.5, 0.6) is 5.75 Å². The third-order valence-corrected chi connectivity index (χ3v) is 6.45. The van der Waals surface area contributed by atoms with Gasteiger partial charge in [-0.05, 0) is 62.2 Å². The summed E-state index contributed by atoms with van der Waals surface area (Å²) in [5.74, 6) is 1.09. The van der Waals surface area contributed by atoms with Gasteiger partial charge >= 0.3 is 0 Å². The summed E-state index contributed by atoms with van der Waals surface area (Å²) in [5, 5.41) is 16.7. The minimum absolute atomic E-state index is 0.0233. The molecule has 1 saturated heterocycles. The van der Waals surface area contributed by atoms with Crippen LogP contribution in [0.1, 0.15) is 19.8 Å². The molecule has 0 saturated carbocycles. The summed E-state index contributed by atoms with van der Waals surface area (Å²) in [7, 11) is 0. The van der Waals surface area contributed by atoms with E-state index >= 15 is 0 Å². The topological polar surface area (TPSA) is 104 Å². The van der Waals surface area contributed by atoms with Gasteiger partial charge in [-0.1, -0.05) is 0 Å². The number of piperidine rings is 1. The van der Waals surface area contributed by atoms with Crippen LogP contribution in [0, 0.1) is 0 Å². The van der Waals surface area contributed by atoms with E-state index in [1.165, 1.54) is 0 Å². The first-order chi connectivity index (χ1) is 16.9. The molecule has 1 atom stereocenters. The first-order valence-electron chi connectivity index (χ1n) is 11.7. The van der Waals surface area contributed by atoms with Crippen molar-refractivity contribution in [1.82, 2.24) is 14.4 Å². The van der Waals surface area contributed by atoms with E-state index in [1.807, 2.05) is 54.0 Å². The van der Waals surface area contributed by atoms with Crippen LogP contribution in [0.4, 0.5) is 22.9 Å². The number of β-amino-alcohol motifs (C(OH)–C–C–N with tert-alkyl or cyclic N) is 1. The first-order valence-corrected chi connectivity index (χ1v) is 11.7. The van der Waals surface area contributed by atoms with E-state index in [1.54, 1.807) is 6.20 Å². The lowest BCUT2D eigenvalue weighted by Crippen LogP contribution is -2.46. The highest BCUT2D eigenvalue weighted by molar-refractivity contribution is 5.96. The zero-order chi connectivity index (χ0) is 24.0. The van der Waals surface area contributed by atoms with Crippen LogP contribution in [0.2, 0.25) is 0 Å². The molecule has 1 amide bonds. The molecule has 3 N–H and O–H groups in total. The van der Waals surface area contributed by atoms with Gasteiger partial charge < -0.3 is 29.8 Å². The largest absolute Gasteiger partial charge is 0.482 e. The molecule has 0 unspecified atom stereocenters. The number of carbonyl (C=O) groups is 1. The number of imidazole rings is 1. The smallest absolute Gasteiger partial charge is 0.262 e. The molecule has 0 spiro atoms. The number of nitrogens with one attached hydrogen (secondary N) is 2. The van der Waals surface area contributed by atoms with E-state index in [0.29, 0.717) is 29.4 Å². The first kappa shape index (κ1) is 21.4. The van der Waals surface area contributed by atoms with Crippen molar-refractivity contribution < 1.29 is 14.6 Å². The molecular formula is C26H26N6O3. The van der Waals surface area contributed by atoms with Gasteiger partial charge in [-0.15, -0.1) is 0 Å². The molecular weight excluding hydrogens is 444 g/mol. The number of benzene rings is 2. The molecule has 9 nitrogen and oxygen atoms in total. The lowest BCUT2D eigenvalue weighted by molar-refractivity contribution is -0.118. The molecule has 2 aliphatic rings. The average molecular weight is 471 g/mol. The number of anilines is 4. The van der Waals surface area contributed by atoms with Gasteiger partial charge in [0.1, 0.15) is 5.75 Å². The third kappa shape index (κ3) is 4.26. The lowest BCUT2D eigenvalue weighted by Gasteiger charge is -2.38. The number of fused-ring (bicyclic) bond motifs is 2. The maximum atomic E-state index is 11.7. The molecule has 1 fully saturated rings. The molecule has 2 aliphatic heterocycles. The number of aliphatic hydroxyl groups is 1. The fraction of sp³-hybridized carbons (Fsp3) is 0.269. The van der Waals surface area contributed by atoms with Crippen LogP contribution in [0.25, 0.3) is 16.9 Å². The number of hydrogen-bond donors (Lipinski definition) is 3. The molecule has 178 valence electrons. The molecule has 9 heteroatoms. The Labute approximate surface area is 202 Å². The maximum absolute atomic E-state index is 11.7. The molecule has 4 aromatic rings. The van der Waals surface area contributed by atoms with Crippen molar-refractivity contribution in [2.45, 2.75) is 25.4 Å². The fourth-order valence-electron chi connectivity index (χ4n) is 4.73. The van der Waals surface area contributed by atoms with Crippen LogP contribution >= 0.6 is 0 Å². The SMILES string of the molecule is C[C@]1(O)CCCN(c2ccc(Nc3nc(-c4ccc5c(c4)NC(=O)CO5)cn4ccnc34)cc2)C1. The zero-order valence-electron chi connectivity index (χ0n) is 19.4. The van der Waals surface area contributed by atoms with Crippen molar-refractivity contribution in [3.63, 3.8) is 0 Å². The number of aromatic nitrogens is 3. The highest BCUT2D eigenvalue weighted by Gasteiger charge is 2.28. The number of carbonyl (C=O) groups excluding carboxylic acids is 1. The Bertz CT molecular complexity index is 1410. The molecule has 0 bridgehead atoms. The Hall–Kier alpha value is -4.11. The molecule has 2 aromatic carbocycles. The highest BCUT2D eigenvalue weighted by Crippen LogP contribution is 2.33. The molecule has 6 rings (SSSR count). The Morgan fingerprint density at radius 2 is 2.06 bits per heavy atom. The minimum atomic E-state index is -0.655. The summed E-state index contributed by atoms with van der Waals surface area (Å²) in [6.45, 7) is 3.49. The Morgan fingerprint density at radius 3 is 2.89 bits per heavy atom. The number of ether oxygens (including phenoxy) is 1. The van der Waals surface area contributed by atoms with E-state index in [-0.39, 0.29) is 12.5 Å². The van der Waals surface area contributed by atoms with Crippen molar-refractivity contribution in [2.75, 3.05) is 35.2 Å². The Kier molecular flexibility index (Phi) is 5.07. The van der Waals surface area contributed by atoms with Gasteiger partial charge in [0.2, 0.25) is 0 Å². The number of hydrogen-bond acceptors (Lipinski definition) is 7. The third-order valence-electron chi connectivity index (χ3n) is 6.45. The highest BCUT2D eigenvalue weighted by atomic mass is 16.5. The number of rotatable bonds is 4. The van der Waals surface area contributed by atoms with Crippen molar-refractivity contribution in [1.29, 1.82) is 0 Å². The summed E-state index contributed by atoms with van der Waals surface area (Å²) in [4.78, 5) is 23.3. The summed E-state index contributed by atoms with van der Waals surface area (Å²) in [6.07, 6.45) is 7.32. The Morgan fingerprint density at radius 1 is 1.20 bits per heavy atom. The van der Waals surface area contributed by atoms with Crippen LogP contribution in [-0.4, -0.2) is 50.7 Å². The predicted octanol–water partition coefficient (Wildman–Crippen LogP) is 3.82. The lowest BCUT2D eigenvalue weighted by atomic mass is 9.95. The van der Waals surface area contributed by atoms with Crippen LogP contribution in [-0.2, 0) is 4.79 Å². The van der Waals surface area contributed by atoms with Crippen molar-refractivity contribution in [2.24, 2.45) is 0 Å². The maximum Gasteiger partial charge on any atom is 0.262 e. The average Bonchev–Trinajstić information content (AvgIpc) is 3.32. The summed E-state index contributed by atoms with van der Waals surface area (Å²) in [6, 6.07) is 13.8. The summed E-state index contributed by atoms with van der Waals surface area (Å²) >= 11 is 0. The van der Waals surface area contributed by atoms with E-state index in [2.05, 4.69) is 32.7 Å². The molecule has 35 heavy (non-hydrogen) atoms. The van der Waals surface area contributed by atoms with Crippen LogP contribution in [0.15, 0.2) is 61.1 Å². The van der Waals surface area contributed by atoms with Gasteiger partial charge in [0, 0.05) is 48.6 Å². The summed E-state index contributed by atoms with van der Waals surface area (Å²) in [5.41, 5.74) is 4.23. The standard InChI is InChI=1S/C26H26N6O3/c1-26(34)9-2-11-32(16-26)19-6-4-18(5-7-19)28-24-25-27-10-12-31(25)14-21(30-24)17-3-8-22-20(13-17)29-23(33)15-35-22/h3-8,10,12-14,34H,2,9,11,15-16H2,1H3,(H,28,30)(H,29,33)/t26-/m0/s1. The van der Waals surface area contributed by atoms with Gasteiger partial charge in [-0.25, -0.2) is 9.97 Å². The molecule has 0 aliphatic carbocycles. The molecule has 2 aromatic heterocycles. The van der Waals surface area contributed by atoms with Gasteiger partial charge in [0.15, 0.2) is 18.1 Å². The van der Waals surface area contributed by atoms with E-state index < -0.39 is 5.60 Å². The second-order valence-electron chi connectivity index (χ2n) is 9.37. The van der Waals surface area contributed by atoms with Crippen LogP contribution < -0.4 is 20.3 Å². The van der Waals surface area contributed by atoms with Gasteiger partial charge in [0.05, 0.1) is 17.0 Å². The van der Waals surface area contributed by atoms with Gasteiger partial charge in [-0.2, -0.15) is 0 Å². The predicted molar refractivity (Wildman–Crippen MR) is 134 cm³/mol.